The number of hydrogen-bond acceptors (Lipinski definition) is 3. The van der Waals surface area contributed by atoms with Gasteiger partial charge in [0.15, 0.2) is 5.69 Å². The van der Waals surface area contributed by atoms with Gasteiger partial charge in [0.25, 0.3) is 0 Å². The molecule has 0 saturated heterocycles. The number of anilines is 1. The second kappa shape index (κ2) is 6.08. The normalized spacial score (nSPS) is 10.6. The second-order valence-electron chi connectivity index (χ2n) is 5.26. The van der Waals surface area contributed by atoms with E-state index in [1.165, 1.54) is 14.0 Å². The highest BCUT2D eigenvalue weighted by Gasteiger charge is 2.24. The first-order valence-electron chi connectivity index (χ1n) is 7.31. The van der Waals surface area contributed by atoms with E-state index in [-0.39, 0.29) is 17.3 Å². The molecule has 2 N–H and O–H groups in total. The van der Waals surface area contributed by atoms with Crippen molar-refractivity contribution in [3.05, 3.63) is 54.2 Å². The third kappa shape index (κ3) is 2.58. The van der Waals surface area contributed by atoms with Gasteiger partial charge in [0, 0.05) is 18.0 Å². The number of ether oxygens (including phenoxy) is 1. The number of methoxy groups -OCH3 is 1. The lowest BCUT2D eigenvalue weighted by Gasteiger charge is -2.09. The van der Waals surface area contributed by atoms with Gasteiger partial charge in [-0.1, -0.05) is 18.2 Å². The van der Waals surface area contributed by atoms with E-state index >= 15 is 0 Å². The molecular formula is C18H16N2O4. The van der Waals surface area contributed by atoms with Crippen LogP contribution in [-0.4, -0.2) is 28.7 Å². The SMILES string of the molecule is COc1ccc2c(c1)c(NC(C)=O)c(C(=O)O)n2-c1ccccc1. The first-order chi connectivity index (χ1) is 11.5. The maximum atomic E-state index is 11.9. The summed E-state index contributed by atoms with van der Waals surface area (Å²) in [6, 6.07) is 14.4. The smallest absolute Gasteiger partial charge is 0.355 e. The Morgan fingerprint density at radius 1 is 1.12 bits per heavy atom. The summed E-state index contributed by atoms with van der Waals surface area (Å²) in [4.78, 5) is 23.5. The van der Waals surface area contributed by atoms with Gasteiger partial charge >= 0.3 is 5.97 Å². The lowest BCUT2D eigenvalue weighted by molar-refractivity contribution is -0.114. The van der Waals surface area contributed by atoms with Crippen LogP contribution in [0.25, 0.3) is 16.6 Å². The van der Waals surface area contributed by atoms with Crippen LogP contribution in [-0.2, 0) is 4.79 Å². The fourth-order valence-corrected chi connectivity index (χ4v) is 2.75. The Balaban J connectivity index is 2.43. The zero-order chi connectivity index (χ0) is 17.3. The molecule has 0 aliphatic rings. The summed E-state index contributed by atoms with van der Waals surface area (Å²) in [6.07, 6.45) is 0. The molecule has 0 bridgehead atoms. The summed E-state index contributed by atoms with van der Waals surface area (Å²) >= 11 is 0. The molecule has 6 nitrogen and oxygen atoms in total. The van der Waals surface area contributed by atoms with Gasteiger partial charge in [-0.15, -0.1) is 0 Å². The summed E-state index contributed by atoms with van der Waals surface area (Å²) in [5.74, 6) is -0.888. The number of aromatic nitrogens is 1. The van der Waals surface area contributed by atoms with Crippen molar-refractivity contribution in [3.63, 3.8) is 0 Å². The van der Waals surface area contributed by atoms with Crippen molar-refractivity contribution in [2.45, 2.75) is 6.92 Å². The van der Waals surface area contributed by atoms with E-state index in [4.69, 9.17) is 4.74 Å². The van der Waals surface area contributed by atoms with E-state index in [0.717, 1.165) is 0 Å². The Morgan fingerprint density at radius 2 is 1.83 bits per heavy atom. The lowest BCUT2D eigenvalue weighted by atomic mass is 10.2. The number of hydrogen-bond donors (Lipinski definition) is 2. The number of amides is 1. The molecule has 1 heterocycles. The fourth-order valence-electron chi connectivity index (χ4n) is 2.75. The third-order valence-electron chi connectivity index (χ3n) is 3.69. The Bertz CT molecular complexity index is 929. The van der Waals surface area contributed by atoms with E-state index in [2.05, 4.69) is 5.32 Å². The molecule has 3 aromatic rings. The summed E-state index contributed by atoms with van der Waals surface area (Å²) < 4.78 is 6.84. The van der Waals surface area contributed by atoms with Gasteiger partial charge in [-0.2, -0.15) is 0 Å². The fraction of sp³-hybridized carbons (Fsp3) is 0.111. The quantitative estimate of drug-likeness (QED) is 0.771. The molecule has 0 radical (unpaired) electrons. The lowest BCUT2D eigenvalue weighted by Crippen LogP contribution is -2.13. The second-order valence-corrected chi connectivity index (χ2v) is 5.26. The molecule has 1 aromatic heterocycles. The number of carbonyl (C=O) groups excluding carboxylic acids is 1. The van der Waals surface area contributed by atoms with Crippen molar-refractivity contribution < 1.29 is 19.4 Å². The Labute approximate surface area is 138 Å². The maximum Gasteiger partial charge on any atom is 0.355 e. The zero-order valence-electron chi connectivity index (χ0n) is 13.2. The van der Waals surface area contributed by atoms with Crippen LogP contribution in [0.3, 0.4) is 0 Å². The van der Waals surface area contributed by atoms with E-state index in [1.54, 1.807) is 22.8 Å². The van der Waals surface area contributed by atoms with Gasteiger partial charge in [-0.05, 0) is 30.3 Å². The highest BCUT2D eigenvalue weighted by atomic mass is 16.5. The molecular weight excluding hydrogens is 308 g/mol. The van der Waals surface area contributed by atoms with Crippen LogP contribution >= 0.6 is 0 Å². The van der Waals surface area contributed by atoms with E-state index in [0.29, 0.717) is 22.3 Å². The summed E-state index contributed by atoms with van der Waals surface area (Å²) in [6.45, 7) is 1.34. The number of para-hydroxylation sites is 1. The predicted octanol–water partition coefficient (Wildman–Crippen LogP) is 3.30. The minimum Gasteiger partial charge on any atom is -0.497 e. The van der Waals surface area contributed by atoms with Crippen molar-refractivity contribution in [1.29, 1.82) is 0 Å². The molecule has 3 rings (SSSR count). The molecule has 2 aromatic carbocycles. The molecule has 0 spiro atoms. The van der Waals surface area contributed by atoms with Crippen molar-refractivity contribution in [3.8, 4) is 11.4 Å². The topological polar surface area (TPSA) is 80.6 Å². The minimum absolute atomic E-state index is 0.000321. The van der Waals surface area contributed by atoms with Crippen LogP contribution < -0.4 is 10.1 Å². The van der Waals surface area contributed by atoms with Crippen LogP contribution in [0.5, 0.6) is 5.75 Å². The van der Waals surface area contributed by atoms with Crippen molar-refractivity contribution in [1.82, 2.24) is 4.57 Å². The number of nitrogens with zero attached hydrogens (tertiary/aromatic N) is 1. The average molecular weight is 324 g/mol. The van der Waals surface area contributed by atoms with E-state index in [9.17, 15) is 14.7 Å². The number of rotatable bonds is 4. The molecule has 0 saturated carbocycles. The molecule has 0 unspecified atom stereocenters. The maximum absolute atomic E-state index is 11.9. The predicted molar refractivity (Wildman–Crippen MR) is 91.1 cm³/mol. The Morgan fingerprint density at radius 3 is 2.42 bits per heavy atom. The molecule has 0 atom stereocenters. The first-order valence-corrected chi connectivity index (χ1v) is 7.31. The number of carboxylic acid groups (broad SMARTS) is 1. The van der Waals surface area contributed by atoms with Crippen molar-refractivity contribution in [2.24, 2.45) is 0 Å². The third-order valence-corrected chi connectivity index (χ3v) is 3.69. The zero-order valence-corrected chi connectivity index (χ0v) is 13.2. The number of benzene rings is 2. The molecule has 0 fully saturated rings. The molecule has 122 valence electrons. The van der Waals surface area contributed by atoms with Crippen LogP contribution in [0.1, 0.15) is 17.4 Å². The Hall–Kier alpha value is -3.28. The van der Waals surface area contributed by atoms with Gasteiger partial charge in [0.05, 0.1) is 18.3 Å². The molecule has 6 heteroatoms. The van der Waals surface area contributed by atoms with Crippen LogP contribution in [0.15, 0.2) is 48.5 Å². The van der Waals surface area contributed by atoms with Crippen molar-refractivity contribution >= 4 is 28.5 Å². The van der Waals surface area contributed by atoms with Crippen LogP contribution in [0, 0.1) is 0 Å². The van der Waals surface area contributed by atoms with E-state index < -0.39 is 5.97 Å². The largest absolute Gasteiger partial charge is 0.497 e. The molecule has 1 amide bonds. The molecule has 0 aliphatic heterocycles. The number of carboxylic acids is 1. The monoisotopic (exact) mass is 324 g/mol. The number of carbonyl (C=O) groups is 2. The summed E-state index contributed by atoms with van der Waals surface area (Å²) in [5, 5.41) is 13.0. The number of nitrogens with one attached hydrogen (secondary N) is 1. The van der Waals surface area contributed by atoms with Gasteiger partial charge in [-0.25, -0.2) is 4.79 Å². The average Bonchev–Trinajstić information content (AvgIpc) is 2.88. The number of aromatic carboxylic acids is 1. The molecule has 0 aliphatic carbocycles. The van der Waals surface area contributed by atoms with Gasteiger partial charge in [-0.3, -0.25) is 4.79 Å². The highest BCUT2D eigenvalue weighted by molar-refractivity contribution is 6.11. The number of fused-ring (bicyclic) bond motifs is 1. The van der Waals surface area contributed by atoms with E-state index in [1.807, 2.05) is 30.3 Å². The van der Waals surface area contributed by atoms with Crippen LogP contribution in [0.2, 0.25) is 0 Å². The van der Waals surface area contributed by atoms with Gasteiger partial charge < -0.3 is 19.7 Å². The van der Waals surface area contributed by atoms with Gasteiger partial charge in [0.1, 0.15) is 5.75 Å². The Kier molecular flexibility index (Phi) is 3.95. The minimum atomic E-state index is -1.13. The molecule has 24 heavy (non-hydrogen) atoms. The summed E-state index contributed by atoms with van der Waals surface area (Å²) in [5.41, 5.74) is 1.62. The van der Waals surface area contributed by atoms with Gasteiger partial charge in [0.2, 0.25) is 5.91 Å². The van der Waals surface area contributed by atoms with Crippen molar-refractivity contribution in [2.75, 3.05) is 12.4 Å². The summed E-state index contributed by atoms with van der Waals surface area (Å²) in [7, 11) is 1.53. The van der Waals surface area contributed by atoms with Crippen LogP contribution in [0.4, 0.5) is 5.69 Å². The highest BCUT2D eigenvalue weighted by Crippen LogP contribution is 2.36. The first kappa shape index (κ1) is 15.6. The standard InChI is InChI=1S/C18H16N2O4/c1-11(21)19-16-14-10-13(24-2)8-9-15(14)20(17(16)18(22)23)12-6-4-3-5-7-12/h3-10H,1-2H3,(H,19,21)(H,22,23).